The van der Waals surface area contributed by atoms with Crippen molar-refractivity contribution >= 4 is 11.6 Å². The molecule has 0 bridgehead atoms. The molecule has 1 aromatic carbocycles. The van der Waals surface area contributed by atoms with Gasteiger partial charge in [-0.2, -0.15) is 0 Å². The van der Waals surface area contributed by atoms with Crippen LogP contribution in [0.1, 0.15) is 5.56 Å². The zero-order chi connectivity index (χ0) is 11.7. The lowest BCUT2D eigenvalue weighted by atomic mass is 9.85. The summed E-state index contributed by atoms with van der Waals surface area (Å²) >= 11 is 5.95. The number of hydrogen-bond acceptors (Lipinski definition) is 3. The van der Waals surface area contributed by atoms with E-state index in [4.69, 9.17) is 16.3 Å². The van der Waals surface area contributed by atoms with Gasteiger partial charge in [-0.3, -0.25) is 4.90 Å². The van der Waals surface area contributed by atoms with Crippen molar-refractivity contribution in [3.05, 3.63) is 34.9 Å². The number of nitrogens with one attached hydrogen (secondary N) is 1. The van der Waals surface area contributed by atoms with E-state index in [9.17, 15) is 0 Å². The molecule has 2 aliphatic rings. The predicted molar refractivity (Wildman–Crippen MR) is 68.4 cm³/mol. The summed E-state index contributed by atoms with van der Waals surface area (Å²) in [7, 11) is 0. The standard InChI is InChI=1S/C13H17ClN2O/c14-12-3-1-11(2-4-12)13(9-17-10-13)16-7-5-15-6-8-16/h1-4,15H,5-10H2. The fraction of sp³-hybridized carbons (Fsp3) is 0.538. The molecule has 92 valence electrons. The van der Waals surface area contributed by atoms with Gasteiger partial charge in [0.05, 0.1) is 18.8 Å². The third-order valence-electron chi connectivity index (χ3n) is 3.79. The molecule has 0 aromatic heterocycles. The lowest BCUT2D eigenvalue weighted by Gasteiger charge is -2.51. The van der Waals surface area contributed by atoms with E-state index in [1.165, 1.54) is 5.56 Å². The van der Waals surface area contributed by atoms with Crippen LogP contribution >= 0.6 is 11.6 Å². The second kappa shape index (κ2) is 4.58. The second-order valence-corrected chi connectivity index (χ2v) is 5.20. The average Bonchev–Trinajstić information content (AvgIpc) is 2.32. The van der Waals surface area contributed by atoms with Crippen LogP contribution in [0.15, 0.2) is 24.3 Å². The highest BCUT2D eigenvalue weighted by Gasteiger charge is 2.45. The van der Waals surface area contributed by atoms with Gasteiger partial charge in [0.15, 0.2) is 0 Å². The third kappa shape index (κ3) is 1.97. The summed E-state index contributed by atoms with van der Waals surface area (Å²) in [6.45, 7) is 5.91. The average molecular weight is 253 g/mol. The number of rotatable bonds is 2. The van der Waals surface area contributed by atoms with Gasteiger partial charge in [0.2, 0.25) is 0 Å². The molecular weight excluding hydrogens is 236 g/mol. The molecule has 2 aliphatic heterocycles. The summed E-state index contributed by atoms with van der Waals surface area (Å²) in [5.41, 5.74) is 1.42. The number of halogens is 1. The van der Waals surface area contributed by atoms with Gasteiger partial charge >= 0.3 is 0 Å². The highest BCUT2D eigenvalue weighted by molar-refractivity contribution is 6.30. The molecule has 0 unspecified atom stereocenters. The van der Waals surface area contributed by atoms with Crippen molar-refractivity contribution in [2.24, 2.45) is 0 Å². The van der Waals surface area contributed by atoms with Crippen molar-refractivity contribution in [3.8, 4) is 0 Å². The lowest BCUT2D eigenvalue weighted by molar-refractivity contribution is -0.149. The van der Waals surface area contributed by atoms with E-state index in [2.05, 4.69) is 22.3 Å². The molecule has 0 radical (unpaired) electrons. The minimum absolute atomic E-state index is 0.0900. The van der Waals surface area contributed by atoms with Crippen LogP contribution in [0.3, 0.4) is 0 Å². The number of ether oxygens (including phenoxy) is 1. The van der Waals surface area contributed by atoms with Crippen molar-refractivity contribution in [2.75, 3.05) is 39.4 Å². The van der Waals surface area contributed by atoms with Gasteiger partial charge in [-0.15, -0.1) is 0 Å². The van der Waals surface area contributed by atoms with Crippen LogP contribution in [0, 0.1) is 0 Å². The highest BCUT2D eigenvalue weighted by Crippen LogP contribution is 2.36. The fourth-order valence-corrected chi connectivity index (χ4v) is 2.81. The van der Waals surface area contributed by atoms with Crippen LogP contribution in [0.25, 0.3) is 0 Å². The van der Waals surface area contributed by atoms with Gasteiger partial charge in [-0.25, -0.2) is 0 Å². The van der Waals surface area contributed by atoms with Crippen molar-refractivity contribution in [1.29, 1.82) is 0 Å². The maximum absolute atomic E-state index is 5.95. The largest absolute Gasteiger partial charge is 0.377 e. The summed E-state index contributed by atoms with van der Waals surface area (Å²) in [5, 5.41) is 4.19. The van der Waals surface area contributed by atoms with E-state index in [0.717, 1.165) is 44.4 Å². The van der Waals surface area contributed by atoms with Gasteiger partial charge in [0.1, 0.15) is 0 Å². The molecule has 0 spiro atoms. The zero-order valence-electron chi connectivity index (χ0n) is 9.79. The molecule has 4 heteroatoms. The van der Waals surface area contributed by atoms with Crippen molar-refractivity contribution < 1.29 is 4.74 Å². The van der Waals surface area contributed by atoms with Gasteiger partial charge in [-0.1, -0.05) is 23.7 Å². The Morgan fingerprint density at radius 1 is 1.12 bits per heavy atom. The van der Waals surface area contributed by atoms with E-state index in [-0.39, 0.29) is 5.54 Å². The molecule has 2 fully saturated rings. The molecule has 2 heterocycles. The molecule has 0 saturated carbocycles. The minimum atomic E-state index is 0.0900. The first-order valence-electron chi connectivity index (χ1n) is 6.11. The van der Waals surface area contributed by atoms with Gasteiger partial charge in [0, 0.05) is 31.2 Å². The Balaban J connectivity index is 1.87. The van der Waals surface area contributed by atoms with Crippen molar-refractivity contribution in [1.82, 2.24) is 10.2 Å². The first kappa shape index (κ1) is 11.5. The topological polar surface area (TPSA) is 24.5 Å². The predicted octanol–water partition coefficient (Wildman–Crippen LogP) is 1.47. The van der Waals surface area contributed by atoms with Gasteiger partial charge in [-0.05, 0) is 17.7 Å². The van der Waals surface area contributed by atoms with Crippen LogP contribution in [-0.2, 0) is 10.3 Å². The lowest BCUT2D eigenvalue weighted by Crippen LogP contribution is -2.63. The quantitative estimate of drug-likeness (QED) is 0.863. The number of hydrogen-bond donors (Lipinski definition) is 1. The Hall–Kier alpha value is -0.610. The van der Waals surface area contributed by atoms with Crippen molar-refractivity contribution in [3.63, 3.8) is 0 Å². The number of nitrogens with zero attached hydrogens (tertiary/aromatic N) is 1. The van der Waals surface area contributed by atoms with Gasteiger partial charge in [0.25, 0.3) is 0 Å². The molecule has 3 rings (SSSR count). The smallest absolute Gasteiger partial charge is 0.0934 e. The molecule has 17 heavy (non-hydrogen) atoms. The first-order valence-corrected chi connectivity index (χ1v) is 6.49. The number of benzene rings is 1. The molecule has 2 saturated heterocycles. The third-order valence-corrected chi connectivity index (χ3v) is 4.04. The Bertz CT molecular complexity index is 383. The van der Waals surface area contributed by atoms with Crippen molar-refractivity contribution in [2.45, 2.75) is 5.54 Å². The Morgan fingerprint density at radius 2 is 1.76 bits per heavy atom. The van der Waals surface area contributed by atoms with Crippen LogP contribution in [0.5, 0.6) is 0 Å². The summed E-state index contributed by atoms with van der Waals surface area (Å²) in [6.07, 6.45) is 0. The summed E-state index contributed by atoms with van der Waals surface area (Å²) in [6, 6.07) is 8.21. The highest BCUT2D eigenvalue weighted by atomic mass is 35.5. The Kier molecular flexibility index (Phi) is 3.09. The summed E-state index contributed by atoms with van der Waals surface area (Å²) in [4.78, 5) is 2.54. The van der Waals surface area contributed by atoms with E-state index in [1.807, 2.05) is 12.1 Å². The fourth-order valence-electron chi connectivity index (χ4n) is 2.68. The van der Waals surface area contributed by atoms with Crippen LogP contribution in [0.2, 0.25) is 5.02 Å². The van der Waals surface area contributed by atoms with Crippen LogP contribution < -0.4 is 5.32 Å². The van der Waals surface area contributed by atoms with Gasteiger partial charge < -0.3 is 10.1 Å². The maximum atomic E-state index is 5.95. The summed E-state index contributed by atoms with van der Waals surface area (Å²) < 4.78 is 5.48. The monoisotopic (exact) mass is 252 g/mol. The Labute approximate surface area is 107 Å². The second-order valence-electron chi connectivity index (χ2n) is 4.77. The molecule has 0 amide bonds. The molecule has 1 aromatic rings. The molecule has 0 aliphatic carbocycles. The first-order chi connectivity index (χ1) is 8.31. The summed E-state index contributed by atoms with van der Waals surface area (Å²) in [5.74, 6) is 0. The Morgan fingerprint density at radius 3 is 2.29 bits per heavy atom. The SMILES string of the molecule is Clc1ccc(C2(N3CCNCC3)COC2)cc1. The zero-order valence-corrected chi connectivity index (χ0v) is 10.5. The maximum Gasteiger partial charge on any atom is 0.0934 e. The molecule has 3 nitrogen and oxygen atoms in total. The van der Waals surface area contributed by atoms with E-state index >= 15 is 0 Å². The van der Waals surface area contributed by atoms with Crippen LogP contribution in [-0.4, -0.2) is 44.3 Å². The normalized spacial score (nSPS) is 24.3. The minimum Gasteiger partial charge on any atom is -0.377 e. The number of piperazine rings is 1. The van der Waals surface area contributed by atoms with E-state index in [0.29, 0.717) is 0 Å². The van der Waals surface area contributed by atoms with E-state index < -0.39 is 0 Å². The molecule has 1 N–H and O–H groups in total. The molecule has 0 atom stereocenters. The molecular formula is C13H17ClN2O. The van der Waals surface area contributed by atoms with E-state index in [1.54, 1.807) is 0 Å². The van der Waals surface area contributed by atoms with Crippen LogP contribution in [0.4, 0.5) is 0 Å².